The molecule has 4 aromatic carbocycles. The van der Waals surface area contributed by atoms with Crippen molar-refractivity contribution in [2.24, 2.45) is 0 Å². The van der Waals surface area contributed by atoms with Gasteiger partial charge in [-0.2, -0.15) is 0 Å². The largest absolute Gasteiger partial charge is 3.00 e. The van der Waals surface area contributed by atoms with Crippen molar-refractivity contribution in [2.45, 2.75) is 0 Å². The summed E-state index contributed by atoms with van der Waals surface area (Å²) in [5.74, 6) is -4.87. The summed E-state index contributed by atoms with van der Waals surface area (Å²) in [6, 6.07) is 28.7. The molecule has 0 amide bonds. The molecule has 0 unspecified atom stereocenters. The smallest absolute Gasteiger partial charge is 0.872 e. The summed E-state index contributed by atoms with van der Waals surface area (Å²) < 4.78 is 0. The van der Waals surface area contributed by atoms with Crippen LogP contribution >= 0.6 is 0 Å². The van der Waals surface area contributed by atoms with Crippen LogP contribution in [0.5, 0.6) is 17.2 Å². The average Bonchev–Trinajstić information content (AvgIpc) is 3.02. The number of aromatic carboxylic acids is 3. The van der Waals surface area contributed by atoms with Crippen molar-refractivity contribution in [3.05, 3.63) is 138 Å². The Balaban J connectivity index is 0.000000211. The van der Waals surface area contributed by atoms with Gasteiger partial charge in [-0.1, -0.05) is 96.1 Å². The zero-order valence-corrected chi connectivity index (χ0v) is 25.5. The molecule has 226 valence electrons. The number of benzene rings is 4. The number of hydrogen-bond acceptors (Lipinski definition) is 8. The number of para-hydroxylation sites is 3. The Labute approximate surface area is 297 Å². The summed E-state index contributed by atoms with van der Waals surface area (Å²) in [5, 5.41) is 59.4. The quantitative estimate of drug-likeness (QED) is 0.220. The second kappa shape index (κ2) is 18.0. The van der Waals surface area contributed by atoms with Crippen molar-refractivity contribution in [3.63, 3.8) is 0 Å². The Hall–Kier alpha value is -4.91. The Morgan fingerprint density at radius 1 is 0.444 bits per heavy atom. The molecule has 0 aliphatic heterocycles. The SMILES string of the molecule is O=C(O)c1ccccc1[O-].O=C(O)c1ccccc1[O-].O=C(O)c1ccccc1[O-].[Eu+3].c1cnc2c(c1)ccc1cccnc12. The number of carboxylic acid groups (broad SMARTS) is 3. The Morgan fingerprint density at radius 3 is 0.978 bits per heavy atom. The van der Waals surface area contributed by atoms with E-state index in [1.165, 1.54) is 72.8 Å². The molecule has 11 nitrogen and oxygen atoms in total. The van der Waals surface area contributed by atoms with E-state index in [1.807, 2.05) is 12.1 Å². The molecule has 3 N–H and O–H groups in total. The molecule has 0 atom stereocenters. The van der Waals surface area contributed by atoms with Crippen LogP contribution in [-0.2, 0) is 0 Å². The zero-order chi connectivity index (χ0) is 32.1. The maximum atomic E-state index is 10.7. The van der Waals surface area contributed by atoms with E-state index in [1.54, 1.807) is 12.4 Å². The van der Waals surface area contributed by atoms with Crippen LogP contribution in [0.4, 0.5) is 0 Å². The topological polar surface area (TPSA) is 207 Å². The van der Waals surface area contributed by atoms with Crippen LogP contribution in [0.3, 0.4) is 0 Å². The summed E-state index contributed by atoms with van der Waals surface area (Å²) in [7, 11) is 0. The maximum Gasteiger partial charge on any atom is 3.00 e. The first-order chi connectivity index (χ1) is 21.1. The van der Waals surface area contributed by atoms with Crippen LogP contribution in [0.15, 0.2) is 122 Å². The van der Waals surface area contributed by atoms with Crippen molar-refractivity contribution in [1.29, 1.82) is 0 Å². The molecule has 0 bridgehead atoms. The van der Waals surface area contributed by atoms with Crippen molar-refractivity contribution in [2.75, 3.05) is 0 Å². The average molecular weight is 744 g/mol. The van der Waals surface area contributed by atoms with Gasteiger partial charge in [0.25, 0.3) is 0 Å². The van der Waals surface area contributed by atoms with E-state index < -0.39 is 35.2 Å². The number of nitrogens with zero attached hydrogens (tertiary/aromatic N) is 2. The maximum absolute atomic E-state index is 10.7. The number of aromatic nitrogens is 2. The summed E-state index contributed by atoms with van der Waals surface area (Å²) in [5.41, 5.74) is 1.42. The first-order valence-electron chi connectivity index (χ1n) is 12.7. The molecule has 45 heavy (non-hydrogen) atoms. The predicted octanol–water partition coefficient (Wildman–Crippen LogP) is 4.16. The normalized spacial score (nSPS) is 9.51. The molecule has 2 heterocycles. The van der Waals surface area contributed by atoms with Gasteiger partial charge < -0.3 is 30.6 Å². The number of fused-ring (bicyclic) bond motifs is 3. The van der Waals surface area contributed by atoms with Gasteiger partial charge in [0, 0.05) is 23.2 Å². The molecular weight excluding hydrogens is 720 g/mol. The van der Waals surface area contributed by atoms with Gasteiger partial charge in [-0.3, -0.25) is 9.97 Å². The molecular formula is C33H23EuN2O9. The minimum absolute atomic E-state index is 0. The molecule has 0 aliphatic rings. The fourth-order valence-electron chi connectivity index (χ4n) is 3.61. The number of rotatable bonds is 3. The van der Waals surface area contributed by atoms with E-state index >= 15 is 0 Å². The summed E-state index contributed by atoms with van der Waals surface area (Å²) in [6.45, 7) is 0. The van der Waals surface area contributed by atoms with E-state index in [-0.39, 0.29) is 66.1 Å². The van der Waals surface area contributed by atoms with Crippen LogP contribution in [0.2, 0.25) is 0 Å². The van der Waals surface area contributed by atoms with E-state index in [4.69, 9.17) is 15.3 Å². The van der Waals surface area contributed by atoms with Crippen molar-refractivity contribution < 1.29 is 94.4 Å². The number of carbonyl (C=O) groups is 3. The van der Waals surface area contributed by atoms with E-state index in [0.717, 1.165) is 21.8 Å². The van der Waals surface area contributed by atoms with Crippen molar-refractivity contribution in [3.8, 4) is 17.2 Å². The summed E-state index contributed by atoms with van der Waals surface area (Å²) >= 11 is 0. The third-order valence-electron chi connectivity index (χ3n) is 5.70. The van der Waals surface area contributed by atoms with Gasteiger partial charge in [-0.25, -0.2) is 14.4 Å². The standard InChI is InChI=1S/C12H8N2.3C7H6O3.Eu/c1-3-9-5-6-10-4-2-8-14-12(10)11(9)13-7-1;3*8-6-4-2-1-3-5(6)7(9)10;/h1-8H;3*1-4,8H,(H,9,10);/q;;;;+3/p-3. The molecule has 0 spiro atoms. The predicted molar refractivity (Wildman–Crippen MR) is 156 cm³/mol. The molecule has 2 aromatic heterocycles. The fourth-order valence-corrected chi connectivity index (χ4v) is 3.61. The van der Waals surface area contributed by atoms with Crippen LogP contribution in [0.25, 0.3) is 21.8 Å². The number of carboxylic acids is 3. The van der Waals surface area contributed by atoms with Gasteiger partial charge in [0.05, 0.1) is 27.7 Å². The Kier molecular flexibility index (Phi) is 14.5. The van der Waals surface area contributed by atoms with E-state index in [9.17, 15) is 29.7 Å². The number of hydrogen-bond donors (Lipinski definition) is 3. The van der Waals surface area contributed by atoms with Crippen molar-refractivity contribution >= 4 is 39.7 Å². The van der Waals surface area contributed by atoms with Gasteiger partial charge in [0.1, 0.15) is 0 Å². The van der Waals surface area contributed by atoms with Crippen LogP contribution in [0.1, 0.15) is 31.1 Å². The van der Waals surface area contributed by atoms with Gasteiger partial charge in [0.15, 0.2) is 0 Å². The van der Waals surface area contributed by atoms with Gasteiger partial charge >= 0.3 is 67.3 Å². The Bertz CT molecular complexity index is 1730. The summed E-state index contributed by atoms with van der Waals surface area (Å²) in [6.07, 6.45) is 3.60. The fraction of sp³-hybridized carbons (Fsp3) is 0. The van der Waals surface area contributed by atoms with Gasteiger partial charge in [-0.15, -0.1) is 0 Å². The molecule has 0 fully saturated rings. The van der Waals surface area contributed by atoms with E-state index in [0.29, 0.717) is 0 Å². The summed E-state index contributed by atoms with van der Waals surface area (Å²) in [4.78, 5) is 39.4. The minimum atomic E-state index is -1.18. The first kappa shape index (κ1) is 36.3. The molecule has 6 aromatic rings. The number of pyridine rings is 2. The van der Waals surface area contributed by atoms with Crippen LogP contribution < -0.4 is 15.3 Å². The molecule has 0 saturated heterocycles. The van der Waals surface area contributed by atoms with E-state index in [2.05, 4.69) is 34.2 Å². The van der Waals surface area contributed by atoms with Crippen molar-refractivity contribution in [1.82, 2.24) is 9.97 Å². The third kappa shape index (κ3) is 10.6. The first-order valence-corrected chi connectivity index (χ1v) is 12.7. The molecule has 0 radical (unpaired) electrons. The molecule has 6 rings (SSSR count). The Morgan fingerprint density at radius 2 is 0.733 bits per heavy atom. The second-order valence-corrected chi connectivity index (χ2v) is 8.62. The van der Waals surface area contributed by atoms with Crippen LogP contribution in [-0.4, -0.2) is 43.2 Å². The monoisotopic (exact) mass is 744 g/mol. The van der Waals surface area contributed by atoms with Gasteiger partial charge in [0.2, 0.25) is 0 Å². The van der Waals surface area contributed by atoms with Crippen LogP contribution in [0, 0.1) is 49.4 Å². The molecule has 0 aliphatic carbocycles. The zero-order valence-electron chi connectivity index (χ0n) is 23.1. The molecule has 0 saturated carbocycles. The minimum Gasteiger partial charge on any atom is -0.872 e. The second-order valence-electron chi connectivity index (χ2n) is 8.62. The van der Waals surface area contributed by atoms with Gasteiger partial charge in [-0.05, 0) is 30.3 Å². The molecule has 12 heteroatoms. The third-order valence-corrected chi connectivity index (χ3v) is 5.70.